The number of aromatic amines is 1. The Morgan fingerprint density at radius 2 is 1.21 bits per heavy atom. The molecule has 1 N–H and O–H groups in total. The first-order valence-corrected chi connectivity index (χ1v) is 10.9. The number of hydrogen-bond donors (Lipinski definition) is 1. The summed E-state index contributed by atoms with van der Waals surface area (Å²) in [5, 5.41) is 0.881. The number of H-pyrrole nitrogens is 1. The van der Waals surface area contributed by atoms with Gasteiger partial charge in [-0.25, -0.2) is 0 Å². The van der Waals surface area contributed by atoms with Crippen molar-refractivity contribution in [3.8, 4) is 0 Å². The second-order valence-electron chi connectivity index (χ2n) is 9.12. The van der Waals surface area contributed by atoms with E-state index >= 15 is 0 Å². The van der Waals surface area contributed by atoms with Crippen LogP contribution in [0.4, 0.5) is 0 Å². The summed E-state index contributed by atoms with van der Waals surface area (Å²) < 4.78 is 1.39. The summed E-state index contributed by atoms with van der Waals surface area (Å²) in [6, 6.07) is 2.75. The lowest BCUT2D eigenvalue weighted by atomic mass is 9.76. The van der Waals surface area contributed by atoms with E-state index in [1.807, 2.05) is 0 Å². The molecule has 0 atom stereocenters. The maximum absolute atomic E-state index is 13.0. The number of rotatable bonds is 3. The van der Waals surface area contributed by atoms with Crippen LogP contribution in [0, 0.1) is 11.8 Å². The summed E-state index contributed by atoms with van der Waals surface area (Å²) in [7, 11) is 0. The van der Waals surface area contributed by atoms with Crippen molar-refractivity contribution in [1.29, 1.82) is 0 Å². The first-order valence-electron chi connectivity index (χ1n) is 10.9. The van der Waals surface area contributed by atoms with Crippen LogP contribution in [0.3, 0.4) is 0 Å². The predicted molar refractivity (Wildman–Crippen MR) is 113 cm³/mol. The smallest absolute Gasteiger partial charge is 0.261 e. The van der Waals surface area contributed by atoms with Crippen molar-refractivity contribution < 1.29 is 0 Å². The van der Waals surface area contributed by atoms with Gasteiger partial charge in [-0.05, 0) is 56.1 Å². The van der Waals surface area contributed by atoms with Crippen molar-refractivity contribution in [3.05, 3.63) is 53.5 Å². The van der Waals surface area contributed by atoms with Crippen molar-refractivity contribution >= 4 is 21.5 Å². The van der Waals surface area contributed by atoms with Gasteiger partial charge >= 0.3 is 0 Å². The Labute approximate surface area is 167 Å². The minimum absolute atomic E-state index is 0.0793. The highest BCUT2D eigenvalue weighted by Crippen LogP contribution is 2.38. The van der Waals surface area contributed by atoms with Gasteiger partial charge in [-0.1, -0.05) is 32.1 Å². The maximum Gasteiger partial charge on any atom is 0.261 e. The van der Waals surface area contributed by atoms with Gasteiger partial charge in [0.15, 0.2) is 0 Å². The van der Waals surface area contributed by atoms with Crippen LogP contribution in [0.1, 0.15) is 70.3 Å². The lowest BCUT2D eigenvalue weighted by molar-refractivity contribution is 0.210. The zero-order valence-electron chi connectivity index (χ0n) is 16.5. The molecule has 1 aromatic carbocycles. The van der Waals surface area contributed by atoms with Crippen LogP contribution in [0.5, 0.6) is 0 Å². The maximum atomic E-state index is 13.0. The number of benzene rings is 1. The van der Waals surface area contributed by atoms with Crippen molar-refractivity contribution in [2.75, 3.05) is 0 Å². The fourth-order valence-electron chi connectivity index (χ4n) is 5.78. The molecule has 2 heterocycles. The van der Waals surface area contributed by atoms with Crippen molar-refractivity contribution in [2.24, 2.45) is 11.8 Å². The lowest BCUT2D eigenvalue weighted by Gasteiger charge is -2.32. The van der Waals surface area contributed by atoms with Gasteiger partial charge < -0.3 is 0 Å². The van der Waals surface area contributed by atoms with E-state index in [-0.39, 0.29) is 38.7 Å². The summed E-state index contributed by atoms with van der Waals surface area (Å²) in [5.74, 6) is 1.56. The molecule has 6 nitrogen and oxygen atoms in total. The highest BCUT2D eigenvalue weighted by Gasteiger charge is 2.28. The van der Waals surface area contributed by atoms with Crippen LogP contribution < -0.4 is 22.2 Å². The molecule has 2 aromatic heterocycles. The summed E-state index contributed by atoms with van der Waals surface area (Å²) in [4.78, 5) is 52.0. The third kappa shape index (κ3) is 3.09. The topological polar surface area (TPSA) is 89.0 Å². The quantitative estimate of drug-likeness (QED) is 0.739. The van der Waals surface area contributed by atoms with E-state index < -0.39 is 11.1 Å². The van der Waals surface area contributed by atoms with Crippen molar-refractivity contribution in [2.45, 2.75) is 70.3 Å². The Hall–Kier alpha value is -2.50. The molecule has 2 saturated carbocycles. The molecular formula is C23H26N2O4. The number of aromatic nitrogens is 2. The van der Waals surface area contributed by atoms with Crippen molar-refractivity contribution in [1.82, 2.24) is 9.55 Å². The molecule has 5 rings (SSSR count). The third-order valence-corrected chi connectivity index (χ3v) is 7.35. The molecule has 0 spiro atoms. The molecule has 0 unspecified atom stereocenters. The molecule has 0 aliphatic heterocycles. The van der Waals surface area contributed by atoms with E-state index in [9.17, 15) is 19.2 Å². The molecule has 6 heteroatoms. The van der Waals surface area contributed by atoms with Crippen LogP contribution in [-0.2, 0) is 0 Å². The van der Waals surface area contributed by atoms with Crippen LogP contribution in [-0.4, -0.2) is 9.55 Å². The fourth-order valence-corrected chi connectivity index (χ4v) is 5.78. The predicted octanol–water partition coefficient (Wildman–Crippen LogP) is 3.14. The van der Waals surface area contributed by atoms with Crippen LogP contribution in [0.25, 0.3) is 21.5 Å². The lowest BCUT2D eigenvalue weighted by Crippen LogP contribution is -2.32. The van der Waals surface area contributed by atoms with Gasteiger partial charge in [0.1, 0.15) is 0 Å². The molecule has 152 valence electrons. The van der Waals surface area contributed by atoms with Crippen LogP contribution in [0.2, 0.25) is 0 Å². The van der Waals surface area contributed by atoms with E-state index in [1.54, 1.807) is 0 Å². The molecular weight excluding hydrogens is 368 g/mol. The van der Waals surface area contributed by atoms with Crippen LogP contribution in [0.15, 0.2) is 31.3 Å². The van der Waals surface area contributed by atoms with Gasteiger partial charge in [0.2, 0.25) is 0 Å². The Kier molecular flexibility index (Phi) is 4.52. The second-order valence-corrected chi connectivity index (χ2v) is 9.12. The standard InChI is InChI=1S/C23H26N2O4/c26-20-16-11-18-19(12-17(16)21(27)24-20)23(29)25(22(18)28)15-8-6-14(7-9-15)10-13-4-2-1-3-5-13/h11-15H,1-10H2,(H,24,26,27). The minimum atomic E-state index is -0.505. The summed E-state index contributed by atoms with van der Waals surface area (Å²) in [5.41, 5.74) is -1.66. The van der Waals surface area contributed by atoms with E-state index in [1.165, 1.54) is 55.2 Å². The highest BCUT2D eigenvalue weighted by molar-refractivity contribution is 5.97. The zero-order chi connectivity index (χ0) is 20.1. The molecule has 2 aliphatic rings. The van der Waals surface area contributed by atoms with E-state index in [2.05, 4.69) is 4.98 Å². The molecule has 2 aliphatic carbocycles. The molecule has 29 heavy (non-hydrogen) atoms. The van der Waals surface area contributed by atoms with Gasteiger partial charge in [-0.3, -0.25) is 28.7 Å². The van der Waals surface area contributed by atoms with Crippen LogP contribution >= 0.6 is 0 Å². The number of nitrogens with one attached hydrogen (secondary N) is 1. The molecule has 0 saturated heterocycles. The molecule has 0 amide bonds. The van der Waals surface area contributed by atoms with Gasteiger partial charge in [0, 0.05) is 6.04 Å². The highest BCUT2D eigenvalue weighted by atomic mass is 16.2. The average Bonchev–Trinajstić information content (AvgIpc) is 3.15. The Morgan fingerprint density at radius 3 is 1.76 bits per heavy atom. The first kappa shape index (κ1) is 18.5. The SMILES string of the molecule is O=c1[nH]c(=O)c2cc3c(=O)n(C4CCC(CC5CCCCC5)CC4)c(=O)c3cc12. The first-order chi connectivity index (χ1) is 14.0. The van der Waals surface area contributed by atoms with E-state index in [0.29, 0.717) is 5.92 Å². The second kappa shape index (κ2) is 7.08. The summed E-state index contributed by atoms with van der Waals surface area (Å²) in [6.45, 7) is 0. The third-order valence-electron chi connectivity index (χ3n) is 7.35. The minimum Gasteiger partial charge on any atom is -0.288 e. The summed E-state index contributed by atoms with van der Waals surface area (Å²) in [6.07, 6.45) is 11.9. The number of hydrogen-bond acceptors (Lipinski definition) is 4. The Bertz CT molecular complexity index is 1180. The Morgan fingerprint density at radius 1 is 0.690 bits per heavy atom. The van der Waals surface area contributed by atoms with E-state index in [0.717, 1.165) is 31.6 Å². The van der Waals surface area contributed by atoms with Gasteiger partial charge in [0.25, 0.3) is 22.2 Å². The molecule has 3 aromatic rings. The normalized spacial score (nSPS) is 23.9. The molecule has 0 bridgehead atoms. The Balaban J connectivity index is 1.42. The van der Waals surface area contributed by atoms with Crippen molar-refractivity contribution in [3.63, 3.8) is 0 Å². The molecule has 0 radical (unpaired) electrons. The average molecular weight is 394 g/mol. The number of nitrogens with zero attached hydrogens (tertiary/aromatic N) is 1. The summed E-state index contributed by atoms with van der Waals surface area (Å²) >= 11 is 0. The zero-order valence-corrected chi connectivity index (χ0v) is 16.5. The number of fused-ring (bicyclic) bond motifs is 2. The largest absolute Gasteiger partial charge is 0.288 e. The fraction of sp³-hybridized carbons (Fsp3) is 0.565. The van der Waals surface area contributed by atoms with Gasteiger partial charge in [0.05, 0.1) is 21.5 Å². The van der Waals surface area contributed by atoms with E-state index in [4.69, 9.17) is 0 Å². The van der Waals surface area contributed by atoms with Gasteiger partial charge in [-0.15, -0.1) is 0 Å². The monoisotopic (exact) mass is 394 g/mol. The molecule has 2 fully saturated rings. The van der Waals surface area contributed by atoms with Gasteiger partial charge in [-0.2, -0.15) is 0 Å².